The lowest BCUT2D eigenvalue weighted by atomic mass is 9.76. The molecule has 4 atom stereocenters. The van der Waals surface area contributed by atoms with E-state index < -0.39 is 29.4 Å². The zero-order valence-electron chi connectivity index (χ0n) is 19.5. The molecular weight excluding hydrogens is 444 g/mol. The molecule has 5 rings (SSSR count). The molecule has 2 amide bonds. The number of carbonyl (C=O) groups excluding carboxylic acids is 2. The zero-order valence-corrected chi connectivity index (χ0v) is 19.5. The molecule has 2 aliphatic heterocycles. The number of nitrogens with zero attached hydrogens (tertiary/aromatic N) is 1. The summed E-state index contributed by atoms with van der Waals surface area (Å²) in [5, 5.41) is 23.4. The molecule has 1 saturated carbocycles. The van der Waals surface area contributed by atoms with E-state index in [0.29, 0.717) is 5.56 Å². The Balaban J connectivity index is 1.55. The van der Waals surface area contributed by atoms with Crippen LogP contribution in [0.5, 0.6) is 5.75 Å². The SMILES string of the molecule is O=C1C2C(C=Cc3ccccc3)NC(Cc3ccc(O)cc3)(C(=O)O)C2C(=O)N1C1CCCCC1. The number of carboxylic acid groups (broad SMARTS) is 1. The van der Waals surface area contributed by atoms with Crippen molar-refractivity contribution in [2.75, 3.05) is 0 Å². The van der Waals surface area contributed by atoms with Crippen LogP contribution in [0.15, 0.2) is 60.7 Å². The second-order valence-corrected chi connectivity index (χ2v) is 9.90. The highest BCUT2D eigenvalue weighted by molar-refractivity contribution is 6.10. The number of carboxylic acids is 1. The van der Waals surface area contributed by atoms with Crippen LogP contribution in [0.25, 0.3) is 6.08 Å². The molecular formula is C28H30N2O5. The van der Waals surface area contributed by atoms with E-state index in [1.807, 2.05) is 42.5 Å². The highest BCUT2D eigenvalue weighted by atomic mass is 16.4. The van der Waals surface area contributed by atoms with Crippen LogP contribution in [0, 0.1) is 11.8 Å². The van der Waals surface area contributed by atoms with E-state index in [2.05, 4.69) is 5.32 Å². The standard InChI is InChI=1S/C28H30N2O5/c31-21-14-11-19(12-15-21)17-28(27(34)35)24-23(22(29-28)16-13-18-7-3-1-4-8-18)25(32)30(26(24)33)20-9-5-2-6-10-20/h1,3-4,7-8,11-16,20,22-24,29,31H,2,5-6,9-10,17H2,(H,34,35). The van der Waals surface area contributed by atoms with E-state index in [-0.39, 0.29) is 30.0 Å². The molecule has 7 heteroatoms. The van der Waals surface area contributed by atoms with Crippen LogP contribution in [0.3, 0.4) is 0 Å². The Morgan fingerprint density at radius 3 is 2.34 bits per heavy atom. The van der Waals surface area contributed by atoms with Gasteiger partial charge in [0, 0.05) is 18.5 Å². The highest BCUT2D eigenvalue weighted by Gasteiger charge is 2.68. The molecule has 182 valence electrons. The topological polar surface area (TPSA) is 107 Å². The molecule has 2 aromatic rings. The lowest BCUT2D eigenvalue weighted by molar-refractivity contribution is -0.152. The molecule has 0 spiro atoms. The summed E-state index contributed by atoms with van der Waals surface area (Å²) < 4.78 is 0. The number of fused-ring (bicyclic) bond motifs is 1. The number of likely N-dealkylation sites (tertiary alicyclic amines) is 1. The van der Waals surface area contributed by atoms with Crippen molar-refractivity contribution in [2.45, 2.75) is 56.1 Å². The fraction of sp³-hybridized carbons (Fsp3) is 0.393. The molecule has 4 unspecified atom stereocenters. The molecule has 7 nitrogen and oxygen atoms in total. The lowest BCUT2D eigenvalue weighted by Gasteiger charge is -2.34. The van der Waals surface area contributed by atoms with Crippen LogP contribution in [0.4, 0.5) is 0 Å². The molecule has 2 heterocycles. The summed E-state index contributed by atoms with van der Waals surface area (Å²) in [4.78, 5) is 41.8. The quantitative estimate of drug-likeness (QED) is 0.554. The number of hydrogen-bond donors (Lipinski definition) is 3. The molecule has 3 aliphatic rings. The first kappa shape index (κ1) is 23.3. The largest absolute Gasteiger partial charge is 0.508 e. The van der Waals surface area contributed by atoms with E-state index in [4.69, 9.17) is 0 Å². The Morgan fingerprint density at radius 2 is 1.69 bits per heavy atom. The van der Waals surface area contributed by atoms with Crippen molar-refractivity contribution in [3.8, 4) is 5.75 Å². The lowest BCUT2D eigenvalue weighted by Crippen LogP contribution is -2.58. The van der Waals surface area contributed by atoms with Crippen molar-refractivity contribution in [3.05, 3.63) is 71.8 Å². The number of nitrogens with one attached hydrogen (secondary N) is 1. The first-order chi connectivity index (χ1) is 16.9. The maximum Gasteiger partial charge on any atom is 0.325 e. The number of benzene rings is 2. The van der Waals surface area contributed by atoms with Crippen LogP contribution >= 0.6 is 0 Å². The van der Waals surface area contributed by atoms with Gasteiger partial charge in [0.05, 0.1) is 11.8 Å². The number of aromatic hydroxyl groups is 1. The molecule has 3 N–H and O–H groups in total. The van der Waals surface area contributed by atoms with Crippen LogP contribution in [-0.2, 0) is 20.8 Å². The average Bonchev–Trinajstić information content (AvgIpc) is 3.34. The number of phenolic OH excluding ortho intramolecular Hbond substituents is 1. The van der Waals surface area contributed by atoms with Gasteiger partial charge in [-0.05, 0) is 36.1 Å². The zero-order chi connectivity index (χ0) is 24.6. The Kier molecular flexibility index (Phi) is 6.19. The van der Waals surface area contributed by atoms with Crippen LogP contribution in [-0.4, -0.2) is 50.5 Å². The Hall–Kier alpha value is -3.45. The van der Waals surface area contributed by atoms with Crippen LogP contribution in [0.1, 0.15) is 43.2 Å². The van der Waals surface area contributed by atoms with Gasteiger partial charge in [0.1, 0.15) is 11.3 Å². The second-order valence-electron chi connectivity index (χ2n) is 9.90. The van der Waals surface area contributed by atoms with Gasteiger partial charge in [-0.1, -0.05) is 73.9 Å². The van der Waals surface area contributed by atoms with E-state index in [1.54, 1.807) is 12.1 Å². The van der Waals surface area contributed by atoms with Gasteiger partial charge in [-0.15, -0.1) is 0 Å². The van der Waals surface area contributed by atoms with Crippen molar-refractivity contribution in [2.24, 2.45) is 11.8 Å². The molecule has 35 heavy (non-hydrogen) atoms. The van der Waals surface area contributed by atoms with Gasteiger partial charge >= 0.3 is 5.97 Å². The number of carbonyl (C=O) groups is 3. The fourth-order valence-electron chi connectivity index (χ4n) is 6.08. The van der Waals surface area contributed by atoms with Gasteiger partial charge in [-0.25, -0.2) is 0 Å². The average molecular weight is 475 g/mol. The van der Waals surface area contributed by atoms with Gasteiger partial charge in [0.25, 0.3) is 0 Å². The third-order valence-electron chi connectivity index (χ3n) is 7.76. The predicted molar refractivity (Wildman–Crippen MR) is 130 cm³/mol. The first-order valence-corrected chi connectivity index (χ1v) is 12.3. The van der Waals surface area contributed by atoms with Gasteiger partial charge in [0.2, 0.25) is 11.8 Å². The smallest absolute Gasteiger partial charge is 0.325 e. The molecule has 3 fully saturated rings. The monoisotopic (exact) mass is 474 g/mol. The van der Waals surface area contributed by atoms with Crippen molar-refractivity contribution in [1.29, 1.82) is 0 Å². The van der Waals surface area contributed by atoms with Gasteiger partial charge in [-0.3, -0.25) is 24.6 Å². The van der Waals surface area contributed by atoms with E-state index in [1.165, 1.54) is 17.0 Å². The first-order valence-electron chi connectivity index (χ1n) is 12.3. The Labute approximate surface area is 204 Å². The Morgan fingerprint density at radius 1 is 1.00 bits per heavy atom. The maximum absolute atomic E-state index is 13.8. The Bertz CT molecular complexity index is 1140. The number of rotatable bonds is 6. The van der Waals surface area contributed by atoms with Crippen molar-refractivity contribution >= 4 is 23.9 Å². The van der Waals surface area contributed by atoms with E-state index >= 15 is 0 Å². The highest BCUT2D eigenvalue weighted by Crippen LogP contribution is 2.47. The summed E-state index contributed by atoms with van der Waals surface area (Å²) in [5.41, 5.74) is -0.0395. The van der Waals surface area contributed by atoms with E-state index in [0.717, 1.165) is 37.7 Å². The summed E-state index contributed by atoms with van der Waals surface area (Å²) >= 11 is 0. The van der Waals surface area contributed by atoms with Crippen molar-refractivity contribution < 1.29 is 24.6 Å². The third-order valence-corrected chi connectivity index (χ3v) is 7.76. The summed E-state index contributed by atoms with van der Waals surface area (Å²) in [5.74, 6) is -3.50. The molecule has 0 aromatic heterocycles. The van der Waals surface area contributed by atoms with Crippen LogP contribution < -0.4 is 5.32 Å². The van der Waals surface area contributed by atoms with Crippen molar-refractivity contribution in [3.63, 3.8) is 0 Å². The molecule has 0 radical (unpaired) electrons. The van der Waals surface area contributed by atoms with Gasteiger partial charge in [0.15, 0.2) is 0 Å². The molecule has 2 saturated heterocycles. The summed E-state index contributed by atoms with van der Waals surface area (Å²) in [6.45, 7) is 0. The number of imide groups is 1. The number of aliphatic carboxylic acids is 1. The summed E-state index contributed by atoms with van der Waals surface area (Å²) in [6.07, 6.45) is 8.27. The minimum atomic E-state index is -1.64. The number of hydrogen-bond acceptors (Lipinski definition) is 5. The molecule has 0 bridgehead atoms. The minimum absolute atomic E-state index is 0.0248. The second kappa shape index (κ2) is 9.30. The maximum atomic E-state index is 13.8. The number of phenols is 1. The van der Waals surface area contributed by atoms with Gasteiger partial charge in [-0.2, -0.15) is 0 Å². The summed E-state index contributed by atoms with van der Waals surface area (Å²) in [6, 6.07) is 15.1. The fourth-order valence-corrected chi connectivity index (χ4v) is 6.08. The number of amides is 2. The predicted octanol–water partition coefficient (Wildman–Crippen LogP) is 3.38. The molecule has 1 aliphatic carbocycles. The molecule has 2 aromatic carbocycles. The normalized spacial score (nSPS) is 29.1. The summed E-state index contributed by atoms with van der Waals surface area (Å²) in [7, 11) is 0. The van der Waals surface area contributed by atoms with E-state index in [9.17, 15) is 24.6 Å². The minimum Gasteiger partial charge on any atom is -0.508 e. The van der Waals surface area contributed by atoms with Crippen molar-refractivity contribution in [1.82, 2.24) is 10.2 Å². The van der Waals surface area contributed by atoms with Crippen LogP contribution in [0.2, 0.25) is 0 Å². The third kappa shape index (κ3) is 4.14. The van der Waals surface area contributed by atoms with Gasteiger partial charge < -0.3 is 10.2 Å².